The van der Waals surface area contributed by atoms with Crippen LogP contribution in [0.1, 0.15) is 10.4 Å². The van der Waals surface area contributed by atoms with Gasteiger partial charge in [0.25, 0.3) is 11.8 Å². The van der Waals surface area contributed by atoms with Gasteiger partial charge in [-0.2, -0.15) is 0 Å². The van der Waals surface area contributed by atoms with E-state index < -0.39 is 11.8 Å². The Morgan fingerprint density at radius 1 is 1.12 bits per heavy atom. The van der Waals surface area contributed by atoms with Crippen molar-refractivity contribution in [2.24, 2.45) is 5.73 Å². The third-order valence-electron chi connectivity index (χ3n) is 2.88. The molecule has 2 aromatic rings. The number of anilines is 1. The Kier molecular flexibility index (Phi) is 6.11. The fraction of sp³-hybridized carbons (Fsp3) is 0.0625. The second-order valence-corrected chi connectivity index (χ2v) is 5.50. The van der Waals surface area contributed by atoms with Crippen molar-refractivity contribution in [1.29, 1.82) is 0 Å². The zero-order valence-corrected chi connectivity index (χ0v) is 14.0. The Bertz CT molecular complexity index is 765. The molecule has 2 amide bonds. The van der Waals surface area contributed by atoms with Crippen LogP contribution in [0.4, 0.5) is 5.69 Å². The van der Waals surface area contributed by atoms with E-state index in [2.05, 4.69) is 10.6 Å². The molecule has 0 radical (unpaired) electrons. The van der Waals surface area contributed by atoms with Crippen LogP contribution in [0, 0.1) is 0 Å². The average molecular weight is 364 g/mol. The molecule has 0 saturated heterocycles. The first-order valence-corrected chi connectivity index (χ1v) is 7.62. The number of para-hydroxylation sites is 1. The van der Waals surface area contributed by atoms with E-state index in [1.807, 2.05) is 0 Å². The van der Waals surface area contributed by atoms with Crippen molar-refractivity contribution in [1.82, 2.24) is 5.32 Å². The predicted molar refractivity (Wildman–Crippen MR) is 96.3 cm³/mol. The van der Waals surface area contributed by atoms with Crippen LogP contribution in [0.25, 0.3) is 0 Å². The smallest absolute Gasteiger partial charge is 0.264 e. The van der Waals surface area contributed by atoms with Gasteiger partial charge in [0.05, 0.1) is 11.3 Å². The highest BCUT2D eigenvalue weighted by molar-refractivity contribution is 7.80. The van der Waals surface area contributed by atoms with Crippen molar-refractivity contribution in [3.8, 4) is 5.75 Å². The van der Waals surface area contributed by atoms with E-state index in [1.165, 1.54) is 0 Å². The maximum absolute atomic E-state index is 11.8. The number of amides is 2. The molecule has 8 heteroatoms. The Balaban J connectivity index is 1.87. The molecule has 0 unspecified atom stereocenters. The fourth-order valence-corrected chi connectivity index (χ4v) is 2.15. The quantitative estimate of drug-likeness (QED) is 0.709. The number of hydrogen-bond donors (Lipinski definition) is 3. The maximum atomic E-state index is 11.8. The number of nitrogens with two attached hydrogens (primary N) is 1. The number of ether oxygens (including phenoxy) is 1. The highest BCUT2D eigenvalue weighted by Crippen LogP contribution is 2.15. The summed E-state index contributed by atoms with van der Waals surface area (Å²) in [6, 6.07) is 13.2. The molecule has 2 rings (SSSR count). The van der Waals surface area contributed by atoms with Crippen molar-refractivity contribution >= 4 is 46.4 Å². The molecule has 4 N–H and O–H groups in total. The Hall–Kier alpha value is -2.64. The molecule has 2 aromatic carbocycles. The van der Waals surface area contributed by atoms with Crippen molar-refractivity contribution in [3.05, 3.63) is 59.1 Å². The third kappa shape index (κ3) is 5.22. The van der Waals surface area contributed by atoms with E-state index in [4.69, 9.17) is 34.3 Å². The molecule has 124 valence electrons. The predicted octanol–water partition coefficient (Wildman–Crippen LogP) is 2.33. The van der Waals surface area contributed by atoms with Crippen LogP contribution in [-0.4, -0.2) is 23.5 Å². The van der Waals surface area contributed by atoms with Gasteiger partial charge in [-0.3, -0.25) is 14.9 Å². The summed E-state index contributed by atoms with van der Waals surface area (Å²) in [5.74, 6) is -0.537. The van der Waals surface area contributed by atoms with Crippen LogP contribution in [0.5, 0.6) is 5.75 Å². The van der Waals surface area contributed by atoms with Gasteiger partial charge in [-0.15, -0.1) is 0 Å². The van der Waals surface area contributed by atoms with Gasteiger partial charge in [-0.1, -0.05) is 23.7 Å². The topological polar surface area (TPSA) is 93.5 Å². The summed E-state index contributed by atoms with van der Waals surface area (Å²) in [7, 11) is 0. The van der Waals surface area contributed by atoms with Crippen LogP contribution >= 0.6 is 23.8 Å². The normalized spacial score (nSPS) is 9.88. The molecule has 0 atom stereocenters. The Morgan fingerprint density at radius 3 is 2.46 bits per heavy atom. The van der Waals surface area contributed by atoms with E-state index in [9.17, 15) is 9.59 Å². The molecule has 0 aliphatic carbocycles. The Morgan fingerprint density at radius 2 is 1.79 bits per heavy atom. The number of carbonyl (C=O) groups is 2. The lowest BCUT2D eigenvalue weighted by molar-refractivity contribution is -0.121. The average Bonchev–Trinajstić information content (AvgIpc) is 2.54. The SMILES string of the molecule is NC(=O)c1ccccc1NC(=S)NC(=O)COc1ccc(Cl)cc1. The lowest BCUT2D eigenvalue weighted by atomic mass is 10.1. The molecular formula is C16H14ClN3O3S. The summed E-state index contributed by atoms with van der Waals surface area (Å²) < 4.78 is 5.30. The van der Waals surface area contributed by atoms with Gasteiger partial charge < -0.3 is 15.8 Å². The van der Waals surface area contributed by atoms with E-state index in [1.54, 1.807) is 48.5 Å². The van der Waals surface area contributed by atoms with Gasteiger partial charge in [0.2, 0.25) is 0 Å². The van der Waals surface area contributed by atoms with Crippen LogP contribution in [0.3, 0.4) is 0 Å². The maximum Gasteiger partial charge on any atom is 0.264 e. The molecule has 0 aliphatic heterocycles. The summed E-state index contributed by atoms with van der Waals surface area (Å²) in [4.78, 5) is 23.2. The van der Waals surface area contributed by atoms with Crippen LogP contribution < -0.4 is 21.1 Å². The molecule has 0 bridgehead atoms. The largest absolute Gasteiger partial charge is 0.484 e. The molecular weight excluding hydrogens is 350 g/mol. The van der Waals surface area contributed by atoms with E-state index in [0.29, 0.717) is 16.5 Å². The highest BCUT2D eigenvalue weighted by atomic mass is 35.5. The highest BCUT2D eigenvalue weighted by Gasteiger charge is 2.10. The van der Waals surface area contributed by atoms with Crippen LogP contribution in [0.2, 0.25) is 5.02 Å². The van der Waals surface area contributed by atoms with Crippen molar-refractivity contribution in [3.63, 3.8) is 0 Å². The van der Waals surface area contributed by atoms with Gasteiger partial charge in [0.1, 0.15) is 5.75 Å². The molecule has 0 aromatic heterocycles. The molecule has 0 fully saturated rings. The van der Waals surface area contributed by atoms with Crippen molar-refractivity contribution in [2.75, 3.05) is 11.9 Å². The summed E-state index contributed by atoms with van der Waals surface area (Å²) in [6.07, 6.45) is 0. The molecule has 0 heterocycles. The monoisotopic (exact) mass is 363 g/mol. The molecule has 6 nitrogen and oxygen atoms in total. The number of thiocarbonyl (C=S) groups is 1. The number of hydrogen-bond acceptors (Lipinski definition) is 4. The zero-order valence-electron chi connectivity index (χ0n) is 12.4. The molecule has 0 aliphatic rings. The number of carbonyl (C=O) groups excluding carboxylic acids is 2. The van der Waals surface area contributed by atoms with Gasteiger partial charge in [0.15, 0.2) is 11.7 Å². The summed E-state index contributed by atoms with van der Waals surface area (Å²) in [5, 5.41) is 5.82. The Labute approximate surface area is 148 Å². The number of benzene rings is 2. The fourth-order valence-electron chi connectivity index (χ4n) is 1.80. The zero-order chi connectivity index (χ0) is 17.5. The third-order valence-corrected chi connectivity index (χ3v) is 3.33. The van der Waals surface area contributed by atoms with E-state index in [-0.39, 0.29) is 17.3 Å². The van der Waals surface area contributed by atoms with E-state index >= 15 is 0 Å². The summed E-state index contributed by atoms with van der Waals surface area (Å²) in [5.41, 5.74) is 5.96. The molecule has 0 spiro atoms. The van der Waals surface area contributed by atoms with E-state index in [0.717, 1.165) is 0 Å². The second kappa shape index (κ2) is 8.28. The standard InChI is InChI=1S/C16H14ClN3O3S/c17-10-5-7-11(8-6-10)23-9-14(21)20-16(24)19-13-4-2-1-3-12(13)15(18)22/h1-8H,9H2,(H2,18,22)(H2,19,20,21,24). The number of primary amides is 1. The van der Waals surface area contributed by atoms with Crippen LogP contribution in [-0.2, 0) is 4.79 Å². The van der Waals surface area contributed by atoms with Gasteiger partial charge in [-0.25, -0.2) is 0 Å². The number of rotatable bonds is 5. The minimum Gasteiger partial charge on any atom is -0.484 e. The molecule has 0 saturated carbocycles. The summed E-state index contributed by atoms with van der Waals surface area (Å²) in [6.45, 7) is -0.221. The van der Waals surface area contributed by atoms with Crippen molar-refractivity contribution < 1.29 is 14.3 Å². The van der Waals surface area contributed by atoms with Gasteiger partial charge in [0, 0.05) is 5.02 Å². The minimum atomic E-state index is -0.599. The first-order chi connectivity index (χ1) is 11.5. The van der Waals surface area contributed by atoms with Crippen molar-refractivity contribution in [2.45, 2.75) is 0 Å². The number of nitrogens with one attached hydrogen (secondary N) is 2. The summed E-state index contributed by atoms with van der Waals surface area (Å²) >= 11 is 10.8. The second-order valence-electron chi connectivity index (χ2n) is 4.65. The van der Waals surface area contributed by atoms with Crippen LogP contribution in [0.15, 0.2) is 48.5 Å². The number of halogens is 1. The minimum absolute atomic E-state index is 0.0356. The lowest BCUT2D eigenvalue weighted by Gasteiger charge is -2.12. The lowest BCUT2D eigenvalue weighted by Crippen LogP contribution is -2.37. The van der Waals surface area contributed by atoms with Gasteiger partial charge >= 0.3 is 0 Å². The first-order valence-electron chi connectivity index (χ1n) is 6.84. The molecule has 24 heavy (non-hydrogen) atoms. The van der Waals surface area contributed by atoms with Gasteiger partial charge in [-0.05, 0) is 48.6 Å². The first kappa shape index (κ1) is 17.7.